The third-order valence-electron chi connectivity index (χ3n) is 1.74. The van der Waals surface area contributed by atoms with Gasteiger partial charge in [-0.2, -0.15) is 5.10 Å². The zero-order valence-corrected chi connectivity index (χ0v) is 7.73. The molecule has 4 heteroatoms. The van der Waals surface area contributed by atoms with Gasteiger partial charge in [0, 0.05) is 24.0 Å². The fraction of sp³-hybridized carbons (Fsp3) is 0.333. The van der Waals surface area contributed by atoms with E-state index in [1.807, 2.05) is 18.3 Å². The van der Waals surface area contributed by atoms with Crippen molar-refractivity contribution in [3.05, 3.63) is 24.7 Å². The average Bonchev–Trinajstić information content (AvgIpc) is 2.49. The summed E-state index contributed by atoms with van der Waals surface area (Å²) >= 11 is 0. The molecule has 0 bridgehead atoms. The maximum absolute atomic E-state index is 4.10. The van der Waals surface area contributed by atoms with Gasteiger partial charge in [-0.05, 0) is 19.9 Å². The standard InChI is InChI=1S/C9H12N4/c1-7(2)12-8-3-4-13-9(5-8)10-6-11-13/h3-7,12H,1-2H3. The molecule has 0 atom stereocenters. The smallest absolute Gasteiger partial charge is 0.157 e. The van der Waals surface area contributed by atoms with Crippen LogP contribution in [0.4, 0.5) is 5.69 Å². The van der Waals surface area contributed by atoms with E-state index in [0.29, 0.717) is 6.04 Å². The lowest BCUT2D eigenvalue weighted by atomic mass is 10.3. The molecular weight excluding hydrogens is 164 g/mol. The van der Waals surface area contributed by atoms with Gasteiger partial charge in [0.1, 0.15) is 6.33 Å². The molecule has 4 nitrogen and oxygen atoms in total. The Balaban J connectivity index is 2.37. The highest BCUT2D eigenvalue weighted by atomic mass is 15.3. The highest BCUT2D eigenvalue weighted by Gasteiger charge is 1.98. The SMILES string of the molecule is CC(C)Nc1ccn2ncnc2c1. The van der Waals surface area contributed by atoms with Crippen molar-refractivity contribution >= 4 is 11.3 Å². The third kappa shape index (κ3) is 1.61. The molecule has 2 aromatic heterocycles. The van der Waals surface area contributed by atoms with Crippen LogP contribution in [0.1, 0.15) is 13.8 Å². The first-order valence-electron chi connectivity index (χ1n) is 4.31. The molecule has 0 saturated carbocycles. The molecule has 0 saturated heterocycles. The normalized spacial score (nSPS) is 11.0. The van der Waals surface area contributed by atoms with Crippen molar-refractivity contribution in [2.45, 2.75) is 19.9 Å². The number of hydrogen-bond acceptors (Lipinski definition) is 3. The summed E-state index contributed by atoms with van der Waals surface area (Å²) in [6.45, 7) is 4.21. The summed E-state index contributed by atoms with van der Waals surface area (Å²) in [7, 11) is 0. The van der Waals surface area contributed by atoms with Crippen molar-refractivity contribution in [3.63, 3.8) is 0 Å². The van der Waals surface area contributed by atoms with Crippen molar-refractivity contribution < 1.29 is 0 Å². The summed E-state index contributed by atoms with van der Waals surface area (Å²) in [4.78, 5) is 4.10. The van der Waals surface area contributed by atoms with Gasteiger partial charge in [0.2, 0.25) is 0 Å². The van der Waals surface area contributed by atoms with Crippen LogP contribution in [0.2, 0.25) is 0 Å². The van der Waals surface area contributed by atoms with Gasteiger partial charge in [-0.3, -0.25) is 0 Å². The molecule has 1 N–H and O–H groups in total. The van der Waals surface area contributed by atoms with Gasteiger partial charge in [0.05, 0.1) is 0 Å². The van der Waals surface area contributed by atoms with Crippen LogP contribution in [0.5, 0.6) is 0 Å². The molecule has 0 aliphatic heterocycles. The lowest BCUT2D eigenvalue weighted by Gasteiger charge is -2.08. The van der Waals surface area contributed by atoms with Crippen LogP contribution in [-0.4, -0.2) is 20.6 Å². The van der Waals surface area contributed by atoms with Crippen LogP contribution >= 0.6 is 0 Å². The molecule has 0 fully saturated rings. The highest BCUT2D eigenvalue weighted by Crippen LogP contribution is 2.10. The fourth-order valence-electron chi connectivity index (χ4n) is 1.24. The van der Waals surface area contributed by atoms with E-state index in [9.17, 15) is 0 Å². The van der Waals surface area contributed by atoms with Crippen LogP contribution in [0.15, 0.2) is 24.7 Å². The van der Waals surface area contributed by atoms with Crippen molar-refractivity contribution in [2.24, 2.45) is 0 Å². The number of hydrogen-bond donors (Lipinski definition) is 1. The first-order valence-corrected chi connectivity index (χ1v) is 4.31. The van der Waals surface area contributed by atoms with Crippen LogP contribution < -0.4 is 5.32 Å². The maximum atomic E-state index is 4.10. The van der Waals surface area contributed by atoms with E-state index < -0.39 is 0 Å². The lowest BCUT2D eigenvalue weighted by Crippen LogP contribution is -2.09. The summed E-state index contributed by atoms with van der Waals surface area (Å²) in [6.07, 6.45) is 3.45. The van der Waals surface area contributed by atoms with E-state index in [1.165, 1.54) is 0 Å². The highest BCUT2D eigenvalue weighted by molar-refractivity contribution is 5.53. The molecule has 2 aromatic rings. The van der Waals surface area contributed by atoms with Crippen LogP contribution in [0.25, 0.3) is 5.65 Å². The predicted octanol–water partition coefficient (Wildman–Crippen LogP) is 1.55. The Morgan fingerprint density at radius 3 is 3.08 bits per heavy atom. The number of rotatable bonds is 2. The Morgan fingerprint density at radius 2 is 2.31 bits per heavy atom. The Bertz CT molecular complexity index is 405. The second kappa shape index (κ2) is 3.05. The van der Waals surface area contributed by atoms with Crippen LogP contribution in [0, 0.1) is 0 Å². The largest absolute Gasteiger partial charge is 0.383 e. The summed E-state index contributed by atoms with van der Waals surface area (Å²) in [5.41, 5.74) is 1.95. The molecule has 0 aromatic carbocycles. The summed E-state index contributed by atoms with van der Waals surface area (Å²) in [5, 5.41) is 7.32. The van der Waals surface area contributed by atoms with Gasteiger partial charge in [0.25, 0.3) is 0 Å². The predicted molar refractivity (Wildman–Crippen MR) is 51.7 cm³/mol. The minimum atomic E-state index is 0.436. The third-order valence-corrected chi connectivity index (χ3v) is 1.74. The van der Waals surface area contributed by atoms with E-state index in [4.69, 9.17) is 0 Å². The van der Waals surface area contributed by atoms with E-state index in [1.54, 1.807) is 10.8 Å². The van der Waals surface area contributed by atoms with Crippen molar-refractivity contribution in [3.8, 4) is 0 Å². The second-order valence-electron chi connectivity index (χ2n) is 3.28. The quantitative estimate of drug-likeness (QED) is 0.754. The Kier molecular flexibility index (Phi) is 1.88. The van der Waals surface area contributed by atoms with E-state index in [2.05, 4.69) is 29.2 Å². The van der Waals surface area contributed by atoms with Gasteiger partial charge >= 0.3 is 0 Å². The molecule has 0 radical (unpaired) electrons. The molecule has 0 unspecified atom stereocenters. The van der Waals surface area contributed by atoms with E-state index in [-0.39, 0.29) is 0 Å². The maximum Gasteiger partial charge on any atom is 0.157 e. The first kappa shape index (κ1) is 8.04. The molecular formula is C9H12N4. The Labute approximate surface area is 76.6 Å². The van der Waals surface area contributed by atoms with Crippen molar-refractivity contribution in [1.82, 2.24) is 14.6 Å². The minimum absolute atomic E-state index is 0.436. The zero-order valence-electron chi connectivity index (χ0n) is 7.73. The Morgan fingerprint density at radius 1 is 1.46 bits per heavy atom. The van der Waals surface area contributed by atoms with Crippen LogP contribution in [0.3, 0.4) is 0 Å². The van der Waals surface area contributed by atoms with Crippen molar-refractivity contribution in [1.29, 1.82) is 0 Å². The first-order chi connectivity index (χ1) is 6.25. The number of aromatic nitrogens is 3. The second-order valence-corrected chi connectivity index (χ2v) is 3.28. The molecule has 0 amide bonds. The van der Waals surface area contributed by atoms with Gasteiger partial charge in [-0.15, -0.1) is 0 Å². The van der Waals surface area contributed by atoms with Gasteiger partial charge in [-0.1, -0.05) is 0 Å². The van der Waals surface area contributed by atoms with Crippen LogP contribution in [-0.2, 0) is 0 Å². The van der Waals surface area contributed by atoms with Gasteiger partial charge in [-0.25, -0.2) is 9.50 Å². The molecule has 2 rings (SSSR count). The Hall–Kier alpha value is -1.58. The summed E-state index contributed by atoms with van der Waals surface area (Å²) in [6, 6.07) is 4.40. The topological polar surface area (TPSA) is 42.2 Å². The number of fused-ring (bicyclic) bond motifs is 1. The van der Waals surface area contributed by atoms with E-state index >= 15 is 0 Å². The lowest BCUT2D eigenvalue weighted by molar-refractivity contribution is 0.895. The van der Waals surface area contributed by atoms with Gasteiger partial charge < -0.3 is 5.32 Å². The number of nitrogens with zero attached hydrogens (tertiary/aromatic N) is 3. The average molecular weight is 176 g/mol. The molecule has 0 aliphatic carbocycles. The minimum Gasteiger partial charge on any atom is -0.383 e. The summed E-state index contributed by atoms with van der Waals surface area (Å²) in [5.74, 6) is 0. The molecule has 0 spiro atoms. The fourth-order valence-corrected chi connectivity index (χ4v) is 1.24. The van der Waals surface area contributed by atoms with Crippen molar-refractivity contribution in [2.75, 3.05) is 5.32 Å². The zero-order chi connectivity index (χ0) is 9.26. The molecule has 13 heavy (non-hydrogen) atoms. The molecule has 0 aliphatic rings. The molecule has 2 heterocycles. The van der Waals surface area contributed by atoms with E-state index in [0.717, 1.165) is 11.3 Å². The monoisotopic (exact) mass is 176 g/mol. The van der Waals surface area contributed by atoms with Gasteiger partial charge in [0.15, 0.2) is 5.65 Å². The molecule has 68 valence electrons. The summed E-state index contributed by atoms with van der Waals surface area (Å²) < 4.78 is 1.74. The number of nitrogens with one attached hydrogen (secondary N) is 1. The number of anilines is 1. The number of pyridine rings is 1.